The Bertz CT molecular complexity index is 535. The summed E-state index contributed by atoms with van der Waals surface area (Å²) in [4.78, 5) is 15.8. The van der Waals surface area contributed by atoms with Gasteiger partial charge < -0.3 is 5.32 Å². The van der Waals surface area contributed by atoms with Gasteiger partial charge in [0.25, 0.3) is 5.91 Å². The molecule has 1 amide bonds. The second kappa shape index (κ2) is 4.09. The van der Waals surface area contributed by atoms with Gasteiger partial charge in [-0.05, 0) is 26.0 Å². The van der Waals surface area contributed by atoms with Crippen LogP contribution in [0.5, 0.6) is 0 Å². The van der Waals surface area contributed by atoms with Crippen molar-refractivity contribution in [3.63, 3.8) is 0 Å². The van der Waals surface area contributed by atoms with Crippen molar-refractivity contribution in [2.24, 2.45) is 0 Å². The number of halogens is 1. The Labute approximate surface area is 97.4 Å². The molecule has 0 fully saturated rings. The Balaban J connectivity index is 2.36. The van der Waals surface area contributed by atoms with Gasteiger partial charge in [-0.15, -0.1) is 0 Å². The van der Waals surface area contributed by atoms with Crippen LogP contribution in [0, 0.1) is 0 Å². The van der Waals surface area contributed by atoms with Crippen molar-refractivity contribution in [3.8, 4) is 0 Å². The van der Waals surface area contributed by atoms with E-state index in [0.717, 1.165) is 0 Å². The molecular formula is C10H11ClN4O. The van der Waals surface area contributed by atoms with E-state index in [1.54, 1.807) is 18.3 Å². The first-order valence-electron chi connectivity index (χ1n) is 4.89. The van der Waals surface area contributed by atoms with Crippen molar-refractivity contribution in [1.29, 1.82) is 0 Å². The molecule has 0 saturated heterocycles. The molecule has 2 heterocycles. The number of amides is 1. The quantitative estimate of drug-likeness (QED) is 0.863. The van der Waals surface area contributed by atoms with Crippen LogP contribution < -0.4 is 5.32 Å². The molecule has 6 heteroatoms. The minimum absolute atomic E-state index is 0.0776. The Morgan fingerprint density at radius 3 is 2.94 bits per heavy atom. The minimum Gasteiger partial charge on any atom is -0.348 e. The maximum Gasteiger partial charge on any atom is 0.271 e. The smallest absolute Gasteiger partial charge is 0.271 e. The van der Waals surface area contributed by atoms with Crippen LogP contribution in [-0.2, 0) is 0 Å². The summed E-state index contributed by atoms with van der Waals surface area (Å²) in [6.45, 7) is 3.78. The molecule has 1 N–H and O–H groups in total. The fourth-order valence-corrected chi connectivity index (χ4v) is 1.45. The van der Waals surface area contributed by atoms with Gasteiger partial charge in [-0.1, -0.05) is 11.6 Å². The van der Waals surface area contributed by atoms with Gasteiger partial charge in [-0.3, -0.25) is 4.79 Å². The van der Waals surface area contributed by atoms with E-state index in [1.807, 2.05) is 13.8 Å². The molecule has 5 nitrogen and oxygen atoms in total. The number of nitrogens with zero attached hydrogens (tertiary/aromatic N) is 3. The van der Waals surface area contributed by atoms with E-state index < -0.39 is 0 Å². The second-order valence-electron chi connectivity index (χ2n) is 3.71. The predicted molar refractivity (Wildman–Crippen MR) is 60.6 cm³/mol. The van der Waals surface area contributed by atoms with E-state index in [-0.39, 0.29) is 11.9 Å². The van der Waals surface area contributed by atoms with Crippen LogP contribution in [0.25, 0.3) is 5.65 Å². The summed E-state index contributed by atoms with van der Waals surface area (Å²) in [5.74, 6) is -0.211. The predicted octanol–water partition coefficient (Wildman–Crippen LogP) is 1.52. The number of aromatic nitrogens is 3. The normalized spacial score (nSPS) is 11.0. The lowest BCUT2D eigenvalue weighted by Crippen LogP contribution is -2.30. The van der Waals surface area contributed by atoms with Crippen LogP contribution in [0.15, 0.2) is 18.3 Å². The molecule has 0 unspecified atom stereocenters. The molecule has 16 heavy (non-hydrogen) atoms. The summed E-state index contributed by atoms with van der Waals surface area (Å²) in [5.41, 5.74) is 0.932. The first-order valence-corrected chi connectivity index (χ1v) is 5.27. The minimum atomic E-state index is -0.211. The largest absolute Gasteiger partial charge is 0.348 e. The molecule has 0 aromatic carbocycles. The second-order valence-corrected chi connectivity index (χ2v) is 4.10. The van der Waals surface area contributed by atoms with Crippen molar-refractivity contribution in [1.82, 2.24) is 19.9 Å². The summed E-state index contributed by atoms with van der Waals surface area (Å²) in [5, 5.41) is 7.12. The average Bonchev–Trinajstić information content (AvgIpc) is 2.59. The Hall–Kier alpha value is -1.62. The lowest BCUT2D eigenvalue weighted by Gasteiger charge is -2.04. The zero-order valence-electron chi connectivity index (χ0n) is 8.94. The Morgan fingerprint density at radius 1 is 1.50 bits per heavy atom. The van der Waals surface area contributed by atoms with E-state index in [9.17, 15) is 4.79 Å². The number of hydrogen-bond donors (Lipinski definition) is 1. The van der Waals surface area contributed by atoms with Gasteiger partial charge in [0.15, 0.2) is 5.65 Å². The fourth-order valence-electron chi connectivity index (χ4n) is 1.30. The molecule has 2 aromatic heterocycles. The molecule has 0 aliphatic carbocycles. The van der Waals surface area contributed by atoms with E-state index in [4.69, 9.17) is 11.6 Å². The number of rotatable bonds is 2. The van der Waals surface area contributed by atoms with Gasteiger partial charge >= 0.3 is 0 Å². The molecule has 0 saturated carbocycles. The molecule has 0 aliphatic rings. The molecule has 2 rings (SSSR count). The Morgan fingerprint density at radius 2 is 2.25 bits per heavy atom. The highest BCUT2D eigenvalue weighted by atomic mass is 35.5. The van der Waals surface area contributed by atoms with Crippen molar-refractivity contribution >= 4 is 23.2 Å². The summed E-state index contributed by atoms with van der Waals surface area (Å²) in [6, 6.07) is 3.42. The van der Waals surface area contributed by atoms with Crippen LogP contribution in [-0.4, -0.2) is 26.5 Å². The van der Waals surface area contributed by atoms with Crippen LogP contribution in [0.4, 0.5) is 0 Å². The number of imidazole rings is 1. The molecule has 0 aliphatic heterocycles. The third kappa shape index (κ3) is 2.14. The molecule has 0 atom stereocenters. The van der Waals surface area contributed by atoms with Crippen molar-refractivity contribution in [3.05, 3.63) is 29.2 Å². The zero-order valence-corrected chi connectivity index (χ0v) is 9.69. The number of carbonyl (C=O) groups excluding carboxylic acids is 1. The Kier molecular flexibility index (Phi) is 2.78. The molecule has 2 aromatic rings. The van der Waals surface area contributed by atoms with Gasteiger partial charge in [-0.2, -0.15) is 5.10 Å². The summed E-state index contributed by atoms with van der Waals surface area (Å²) in [7, 11) is 0. The lowest BCUT2D eigenvalue weighted by atomic mass is 10.3. The molecule has 84 valence electrons. The monoisotopic (exact) mass is 238 g/mol. The zero-order chi connectivity index (χ0) is 11.7. The van der Waals surface area contributed by atoms with Gasteiger partial charge in [0.05, 0.1) is 6.20 Å². The maximum absolute atomic E-state index is 11.7. The van der Waals surface area contributed by atoms with Crippen molar-refractivity contribution in [2.45, 2.75) is 19.9 Å². The molecule has 0 radical (unpaired) electrons. The highest BCUT2D eigenvalue weighted by molar-refractivity contribution is 6.29. The number of fused-ring (bicyclic) bond motifs is 1. The highest BCUT2D eigenvalue weighted by Gasteiger charge is 2.11. The van der Waals surface area contributed by atoms with Gasteiger partial charge in [-0.25, -0.2) is 9.50 Å². The summed E-state index contributed by atoms with van der Waals surface area (Å²) < 4.78 is 1.48. The molecule has 0 spiro atoms. The molecular weight excluding hydrogens is 228 g/mol. The standard InChI is InChI=1S/C10H11ClN4O/c1-6(2)12-10(16)7-5-15-9(13-7)4-3-8(11)14-15/h3-6H,1-2H3,(H,12,16). The van der Waals surface area contributed by atoms with Crippen molar-refractivity contribution < 1.29 is 4.79 Å². The van der Waals surface area contributed by atoms with Crippen LogP contribution >= 0.6 is 11.6 Å². The topological polar surface area (TPSA) is 59.3 Å². The van der Waals surface area contributed by atoms with E-state index in [0.29, 0.717) is 16.5 Å². The van der Waals surface area contributed by atoms with Gasteiger partial charge in [0.1, 0.15) is 10.8 Å². The fraction of sp³-hybridized carbons (Fsp3) is 0.300. The average molecular weight is 239 g/mol. The van der Waals surface area contributed by atoms with Gasteiger partial charge in [0, 0.05) is 6.04 Å². The highest BCUT2D eigenvalue weighted by Crippen LogP contribution is 2.08. The van der Waals surface area contributed by atoms with E-state index in [2.05, 4.69) is 15.4 Å². The maximum atomic E-state index is 11.7. The summed E-state index contributed by atoms with van der Waals surface area (Å²) in [6.07, 6.45) is 1.55. The molecule has 0 bridgehead atoms. The SMILES string of the molecule is CC(C)NC(=O)c1cn2nc(Cl)ccc2n1. The third-order valence-electron chi connectivity index (χ3n) is 1.94. The third-order valence-corrected chi connectivity index (χ3v) is 2.14. The number of hydrogen-bond acceptors (Lipinski definition) is 3. The van der Waals surface area contributed by atoms with Crippen LogP contribution in [0.2, 0.25) is 5.15 Å². The van der Waals surface area contributed by atoms with Crippen LogP contribution in [0.1, 0.15) is 24.3 Å². The van der Waals surface area contributed by atoms with E-state index in [1.165, 1.54) is 4.52 Å². The number of carbonyl (C=O) groups is 1. The van der Waals surface area contributed by atoms with E-state index >= 15 is 0 Å². The van der Waals surface area contributed by atoms with Gasteiger partial charge in [0.2, 0.25) is 0 Å². The lowest BCUT2D eigenvalue weighted by molar-refractivity contribution is 0.0938. The summed E-state index contributed by atoms with van der Waals surface area (Å²) >= 11 is 5.73. The first kappa shape index (κ1) is 10.9. The van der Waals surface area contributed by atoms with Crippen molar-refractivity contribution in [2.75, 3.05) is 0 Å². The first-order chi connectivity index (χ1) is 7.56. The van der Waals surface area contributed by atoms with Crippen LogP contribution in [0.3, 0.4) is 0 Å². The number of nitrogens with one attached hydrogen (secondary N) is 1.